The average molecular weight is 448 g/mol. The highest BCUT2D eigenvalue weighted by Gasteiger charge is 2.08. The predicted molar refractivity (Wildman–Crippen MR) is 130 cm³/mol. The molecule has 0 heterocycles. The first-order valence-electron chi connectivity index (χ1n) is 9.78. The molecule has 2 aromatic rings. The number of Topliss-reactive ketones (excluding diaryl/α,β-unsaturated/α-hetero) is 1. The summed E-state index contributed by atoms with van der Waals surface area (Å²) in [4.78, 5) is 26.4. The van der Waals surface area contributed by atoms with Crippen LogP contribution in [0.15, 0.2) is 48.5 Å². The lowest BCUT2D eigenvalue weighted by Gasteiger charge is -2.10. The Kier molecular flexibility index (Phi) is 11.3. The highest BCUT2D eigenvalue weighted by atomic mass is 35.5. The third-order valence-electron chi connectivity index (χ3n) is 4.46. The van der Waals surface area contributed by atoms with Crippen molar-refractivity contribution in [2.75, 3.05) is 26.0 Å². The number of benzene rings is 2. The number of unbranched alkanes of at least 4 members (excludes halogenated alkanes) is 1. The maximum Gasteiger partial charge on any atom is 0.257 e. The van der Waals surface area contributed by atoms with Crippen LogP contribution in [0.2, 0.25) is 0 Å². The van der Waals surface area contributed by atoms with Gasteiger partial charge in [0.15, 0.2) is 5.11 Å². The van der Waals surface area contributed by atoms with Crippen LogP contribution in [-0.4, -0.2) is 42.3 Å². The molecule has 30 heavy (non-hydrogen) atoms. The lowest BCUT2D eigenvalue weighted by Crippen LogP contribution is -2.34. The Hall–Kier alpha value is -2.28. The zero-order chi connectivity index (χ0) is 21.2. The molecule has 2 rings (SSSR count). The Labute approximate surface area is 190 Å². The molecular weight excluding hydrogens is 418 g/mol. The van der Waals surface area contributed by atoms with Gasteiger partial charge < -0.3 is 10.2 Å². The molecule has 162 valence electrons. The standard InChI is InChI=1S/C23H29N3O2S.ClH/c1-17-7-11-19(12-8-17)22(28)25-23(29)24-20-13-9-18(10-14-20)16-21(27)6-4-5-15-26(2)3;/h7-14H,4-6,15-16H2,1-3H3,(H2,24,25,28,29);1H. The number of carbonyl (C=O) groups is 2. The van der Waals surface area contributed by atoms with Crippen LogP contribution in [0.5, 0.6) is 0 Å². The number of rotatable bonds is 9. The van der Waals surface area contributed by atoms with Crippen LogP contribution in [-0.2, 0) is 11.2 Å². The lowest BCUT2D eigenvalue weighted by molar-refractivity contribution is -0.118. The second kappa shape index (κ2) is 13.1. The third-order valence-corrected chi connectivity index (χ3v) is 4.67. The molecular formula is C23H30ClN3O2S. The average Bonchev–Trinajstić information content (AvgIpc) is 2.67. The molecule has 0 bridgehead atoms. The van der Waals surface area contributed by atoms with Crippen LogP contribution in [0, 0.1) is 6.92 Å². The van der Waals surface area contributed by atoms with Gasteiger partial charge in [0.05, 0.1) is 0 Å². The van der Waals surface area contributed by atoms with Gasteiger partial charge in [0.25, 0.3) is 5.91 Å². The number of thiocarbonyl (C=S) groups is 1. The van der Waals surface area contributed by atoms with Crippen molar-refractivity contribution in [3.05, 3.63) is 65.2 Å². The Bertz CT molecular complexity index is 837. The Morgan fingerprint density at radius 1 is 0.967 bits per heavy atom. The minimum absolute atomic E-state index is 0. The van der Waals surface area contributed by atoms with Crippen LogP contribution in [0.1, 0.15) is 40.7 Å². The minimum atomic E-state index is -0.251. The second-order valence-electron chi connectivity index (χ2n) is 7.45. The van der Waals surface area contributed by atoms with Gasteiger partial charge in [-0.15, -0.1) is 12.4 Å². The molecule has 0 aromatic heterocycles. The summed E-state index contributed by atoms with van der Waals surface area (Å²) < 4.78 is 0. The fourth-order valence-corrected chi connectivity index (χ4v) is 3.03. The summed E-state index contributed by atoms with van der Waals surface area (Å²) in [6.45, 7) is 2.98. The van der Waals surface area contributed by atoms with E-state index >= 15 is 0 Å². The first-order chi connectivity index (χ1) is 13.8. The van der Waals surface area contributed by atoms with Crippen LogP contribution in [0.3, 0.4) is 0 Å². The summed E-state index contributed by atoms with van der Waals surface area (Å²) in [5.41, 5.74) is 3.39. The quantitative estimate of drug-likeness (QED) is 0.441. The molecule has 0 spiro atoms. The molecule has 0 aliphatic heterocycles. The SMILES string of the molecule is Cc1ccc(C(=O)NC(=S)Nc2ccc(CC(=O)CCCCN(C)C)cc2)cc1.Cl. The Balaban J connectivity index is 0.00000450. The van der Waals surface area contributed by atoms with Crippen molar-refractivity contribution in [2.24, 2.45) is 0 Å². The molecule has 5 nitrogen and oxygen atoms in total. The minimum Gasteiger partial charge on any atom is -0.332 e. The van der Waals surface area contributed by atoms with Crippen LogP contribution in [0.4, 0.5) is 5.69 Å². The molecule has 0 atom stereocenters. The normalized spacial score (nSPS) is 10.3. The summed E-state index contributed by atoms with van der Waals surface area (Å²) in [5, 5.41) is 5.90. The van der Waals surface area contributed by atoms with E-state index in [1.165, 1.54) is 0 Å². The number of anilines is 1. The molecule has 0 saturated carbocycles. The van der Waals surface area contributed by atoms with E-state index in [9.17, 15) is 9.59 Å². The van der Waals surface area contributed by atoms with E-state index in [0.717, 1.165) is 36.2 Å². The van der Waals surface area contributed by atoms with Gasteiger partial charge in [-0.1, -0.05) is 29.8 Å². The zero-order valence-electron chi connectivity index (χ0n) is 17.7. The highest BCUT2D eigenvalue weighted by molar-refractivity contribution is 7.80. The van der Waals surface area contributed by atoms with Gasteiger partial charge in [0.1, 0.15) is 5.78 Å². The maximum atomic E-state index is 12.2. The number of hydrogen-bond donors (Lipinski definition) is 2. The van der Waals surface area contributed by atoms with Crippen molar-refractivity contribution in [1.29, 1.82) is 0 Å². The first-order valence-corrected chi connectivity index (χ1v) is 10.2. The van der Waals surface area contributed by atoms with Crippen LogP contribution < -0.4 is 10.6 Å². The van der Waals surface area contributed by atoms with Crippen molar-refractivity contribution in [2.45, 2.75) is 32.6 Å². The third kappa shape index (κ3) is 9.48. The number of ketones is 1. The molecule has 2 aromatic carbocycles. The van der Waals surface area contributed by atoms with E-state index in [0.29, 0.717) is 18.4 Å². The summed E-state index contributed by atoms with van der Waals surface area (Å²) in [6.07, 6.45) is 3.01. The van der Waals surface area contributed by atoms with Crippen molar-refractivity contribution in [1.82, 2.24) is 10.2 Å². The molecule has 0 saturated heterocycles. The summed E-state index contributed by atoms with van der Waals surface area (Å²) in [7, 11) is 4.08. The maximum absolute atomic E-state index is 12.2. The van der Waals surface area contributed by atoms with E-state index in [1.807, 2.05) is 57.4 Å². The number of amides is 1. The number of carbonyl (C=O) groups excluding carboxylic acids is 2. The number of halogens is 1. The van der Waals surface area contributed by atoms with E-state index in [1.54, 1.807) is 12.1 Å². The lowest BCUT2D eigenvalue weighted by atomic mass is 10.0. The summed E-state index contributed by atoms with van der Waals surface area (Å²) in [6, 6.07) is 14.8. The van der Waals surface area contributed by atoms with Gasteiger partial charge in [0, 0.05) is 24.1 Å². The van der Waals surface area contributed by atoms with E-state index in [2.05, 4.69) is 15.5 Å². The van der Waals surface area contributed by atoms with Crippen molar-refractivity contribution in [3.8, 4) is 0 Å². The zero-order valence-corrected chi connectivity index (χ0v) is 19.4. The largest absolute Gasteiger partial charge is 0.332 e. The fourth-order valence-electron chi connectivity index (χ4n) is 2.81. The molecule has 0 aliphatic carbocycles. The van der Waals surface area contributed by atoms with Crippen molar-refractivity contribution in [3.63, 3.8) is 0 Å². The van der Waals surface area contributed by atoms with Gasteiger partial charge in [-0.2, -0.15) is 0 Å². The molecule has 0 aliphatic rings. The second-order valence-corrected chi connectivity index (χ2v) is 7.86. The molecule has 1 amide bonds. The van der Waals surface area contributed by atoms with Gasteiger partial charge in [-0.3, -0.25) is 14.9 Å². The fraction of sp³-hybridized carbons (Fsp3) is 0.348. The first kappa shape index (κ1) is 25.8. The molecule has 0 radical (unpaired) electrons. The molecule has 0 unspecified atom stereocenters. The van der Waals surface area contributed by atoms with Crippen molar-refractivity contribution >= 4 is 47.1 Å². The van der Waals surface area contributed by atoms with Gasteiger partial charge in [0.2, 0.25) is 0 Å². The van der Waals surface area contributed by atoms with E-state index < -0.39 is 0 Å². The molecule has 0 fully saturated rings. The smallest absolute Gasteiger partial charge is 0.257 e. The highest BCUT2D eigenvalue weighted by Crippen LogP contribution is 2.12. The molecule has 7 heteroatoms. The number of aryl methyl sites for hydroxylation is 1. The topological polar surface area (TPSA) is 61.4 Å². The predicted octanol–water partition coefficient (Wildman–Crippen LogP) is 4.39. The molecule has 2 N–H and O–H groups in total. The number of nitrogens with one attached hydrogen (secondary N) is 2. The van der Waals surface area contributed by atoms with Crippen LogP contribution >= 0.6 is 24.6 Å². The monoisotopic (exact) mass is 447 g/mol. The van der Waals surface area contributed by atoms with Gasteiger partial charge >= 0.3 is 0 Å². The Morgan fingerprint density at radius 3 is 2.20 bits per heavy atom. The number of nitrogens with zero attached hydrogens (tertiary/aromatic N) is 1. The Morgan fingerprint density at radius 2 is 1.60 bits per heavy atom. The van der Waals surface area contributed by atoms with Gasteiger partial charge in [-0.25, -0.2) is 0 Å². The number of hydrogen-bond acceptors (Lipinski definition) is 4. The van der Waals surface area contributed by atoms with Gasteiger partial charge in [-0.05, 0) is 82.5 Å². The summed E-state index contributed by atoms with van der Waals surface area (Å²) in [5.74, 6) is 0.00401. The van der Waals surface area contributed by atoms with Crippen molar-refractivity contribution < 1.29 is 9.59 Å². The van der Waals surface area contributed by atoms with E-state index in [4.69, 9.17) is 12.2 Å². The summed E-state index contributed by atoms with van der Waals surface area (Å²) >= 11 is 5.22. The van der Waals surface area contributed by atoms with Crippen LogP contribution in [0.25, 0.3) is 0 Å². The van der Waals surface area contributed by atoms with E-state index in [-0.39, 0.29) is 29.2 Å².